The zero-order valence-electron chi connectivity index (χ0n) is 8.74. The van der Waals surface area contributed by atoms with Crippen LogP contribution in [0.5, 0.6) is 11.5 Å². The SMILES string of the molecule is C#CCC(=O)c1cc(OC)ccc1OC. The van der Waals surface area contributed by atoms with Crippen molar-refractivity contribution in [3.05, 3.63) is 23.8 Å². The Kier molecular flexibility index (Phi) is 3.75. The minimum Gasteiger partial charge on any atom is -0.497 e. The average molecular weight is 204 g/mol. The van der Waals surface area contributed by atoms with E-state index in [-0.39, 0.29) is 12.2 Å². The fourth-order valence-corrected chi connectivity index (χ4v) is 1.22. The van der Waals surface area contributed by atoms with Crippen molar-refractivity contribution in [3.8, 4) is 23.8 Å². The minimum atomic E-state index is -0.145. The lowest BCUT2D eigenvalue weighted by atomic mass is 10.1. The first kappa shape index (κ1) is 11.1. The van der Waals surface area contributed by atoms with Gasteiger partial charge in [0.05, 0.1) is 26.2 Å². The van der Waals surface area contributed by atoms with E-state index in [1.54, 1.807) is 18.2 Å². The predicted octanol–water partition coefficient (Wildman–Crippen LogP) is 1.91. The molecule has 0 saturated heterocycles. The van der Waals surface area contributed by atoms with Crippen LogP contribution in [0.2, 0.25) is 0 Å². The number of hydrogen-bond donors (Lipinski definition) is 0. The highest BCUT2D eigenvalue weighted by Gasteiger charge is 2.12. The molecule has 3 nitrogen and oxygen atoms in total. The molecule has 0 spiro atoms. The smallest absolute Gasteiger partial charge is 0.178 e. The molecule has 0 unspecified atom stereocenters. The van der Waals surface area contributed by atoms with Crippen molar-refractivity contribution in [1.29, 1.82) is 0 Å². The summed E-state index contributed by atoms with van der Waals surface area (Å²) < 4.78 is 10.1. The quantitative estimate of drug-likeness (QED) is 0.555. The van der Waals surface area contributed by atoms with Crippen molar-refractivity contribution in [2.24, 2.45) is 0 Å². The summed E-state index contributed by atoms with van der Waals surface area (Å²) in [5.74, 6) is 3.28. The molecule has 0 aliphatic carbocycles. The number of benzene rings is 1. The number of ketones is 1. The highest BCUT2D eigenvalue weighted by Crippen LogP contribution is 2.24. The van der Waals surface area contributed by atoms with E-state index >= 15 is 0 Å². The van der Waals surface area contributed by atoms with Gasteiger partial charge in [-0.2, -0.15) is 0 Å². The summed E-state index contributed by atoms with van der Waals surface area (Å²) in [6.45, 7) is 0. The molecule has 15 heavy (non-hydrogen) atoms. The molecule has 0 fully saturated rings. The minimum absolute atomic E-state index is 0.0591. The number of Topliss-reactive ketones (excluding diaryl/α,β-unsaturated/α-hetero) is 1. The molecular formula is C12H12O3. The van der Waals surface area contributed by atoms with Crippen molar-refractivity contribution >= 4 is 5.78 Å². The fraction of sp³-hybridized carbons (Fsp3) is 0.250. The molecule has 78 valence electrons. The first-order valence-electron chi connectivity index (χ1n) is 4.41. The molecule has 1 aromatic rings. The second kappa shape index (κ2) is 5.06. The van der Waals surface area contributed by atoms with E-state index in [4.69, 9.17) is 15.9 Å². The predicted molar refractivity (Wildman–Crippen MR) is 57.3 cm³/mol. The maximum absolute atomic E-state index is 11.6. The van der Waals surface area contributed by atoms with Crippen LogP contribution in [0.25, 0.3) is 0 Å². The molecular weight excluding hydrogens is 192 g/mol. The van der Waals surface area contributed by atoms with Gasteiger partial charge in [-0.1, -0.05) is 5.92 Å². The molecule has 0 aromatic heterocycles. The van der Waals surface area contributed by atoms with Crippen molar-refractivity contribution in [2.75, 3.05) is 14.2 Å². The first-order chi connectivity index (χ1) is 7.22. The summed E-state index contributed by atoms with van der Waals surface area (Å²) in [5, 5.41) is 0. The molecule has 0 radical (unpaired) electrons. The maximum Gasteiger partial charge on any atom is 0.178 e. The second-order valence-electron chi connectivity index (χ2n) is 2.87. The molecule has 0 aliphatic heterocycles. The Balaban J connectivity index is 3.12. The van der Waals surface area contributed by atoms with Crippen LogP contribution in [0.3, 0.4) is 0 Å². The molecule has 1 rings (SSSR count). The molecule has 0 saturated carbocycles. The first-order valence-corrected chi connectivity index (χ1v) is 4.41. The van der Waals surface area contributed by atoms with E-state index in [9.17, 15) is 4.79 Å². The van der Waals surface area contributed by atoms with Crippen molar-refractivity contribution in [3.63, 3.8) is 0 Å². The van der Waals surface area contributed by atoms with Crippen molar-refractivity contribution in [2.45, 2.75) is 6.42 Å². The summed E-state index contributed by atoms with van der Waals surface area (Å²) in [5.41, 5.74) is 0.454. The van der Waals surface area contributed by atoms with E-state index < -0.39 is 0 Å². The Morgan fingerprint density at radius 2 is 2.13 bits per heavy atom. The lowest BCUT2D eigenvalue weighted by Crippen LogP contribution is -2.01. The van der Waals surface area contributed by atoms with E-state index in [2.05, 4.69) is 5.92 Å². The number of hydrogen-bond acceptors (Lipinski definition) is 3. The number of ether oxygens (including phenoxy) is 2. The highest BCUT2D eigenvalue weighted by atomic mass is 16.5. The summed E-state index contributed by atoms with van der Waals surface area (Å²) in [7, 11) is 3.05. The van der Waals surface area contributed by atoms with E-state index in [0.29, 0.717) is 17.1 Å². The molecule has 0 N–H and O–H groups in total. The molecule has 0 aliphatic rings. The lowest BCUT2D eigenvalue weighted by molar-refractivity contribution is 0.0995. The standard InChI is InChI=1S/C12H12O3/c1-4-5-11(13)10-8-9(14-2)6-7-12(10)15-3/h1,6-8H,5H2,2-3H3. The van der Waals surface area contributed by atoms with E-state index in [1.807, 2.05) is 0 Å². The van der Waals surface area contributed by atoms with E-state index in [1.165, 1.54) is 14.2 Å². The number of rotatable bonds is 4. The number of terminal acetylenes is 1. The van der Waals surface area contributed by atoms with Crippen LogP contribution < -0.4 is 9.47 Å². The number of carbonyl (C=O) groups is 1. The summed E-state index contributed by atoms with van der Waals surface area (Å²) in [6, 6.07) is 5.03. The largest absolute Gasteiger partial charge is 0.497 e. The third-order valence-electron chi connectivity index (χ3n) is 1.97. The van der Waals surface area contributed by atoms with Crippen molar-refractivity contribution in [1.82, 2.24) is 0 Å². The Labute approximate surface area is 89.0 Å². The third kappa shape index (κ3) is 2.50. The van der Waals surface area contributed by atoms with Gasteiger partial charge in [0.25, 0.3) is 0 Å². The van der Waals surface area contributed by atoms with Gasteiger partial charge in [0.1, 0.15) is 11.5 Å². The van der Waals surface area contributed by atoms with Gasteiger partial charge in [0, 0.05) is 0 Å². The lowest BCUT2D eigenvalue weighted by Gasteiger charge is -2.08. The van der Waals surface area contributed by atoms with Gasteiger partial charge < -0.3 is 9.47 Å². The zero-order chi connectivity index (χ0) is 11.3. The maximum atomic E-state index is 11.6. The Morgan fingerprint density at radius 1 is 1.40 bits per heavy atom. The van der Waals surface area contributed by atoms with Crippen LogP contribution in [0.1, 0.15) is 16.8 Å². The van der Waals surface area contributed by atoms with Gasteiger partial charge in [-0.05, 0) is 18.2 Å². The van der Waals surface area contributed by atoms with Crippen LogP contribution in [-0.2, 0) is 0 Å². The van der Waals surface area contributed by atoms with Crippen LogP contribution in [-0.4, -0.2) is 20.0 Å². The summed E-state index contributed by atoms with van der Waals surface area (Å²) in [4.78, 5) is 11.6. The third-order valence-corrected chi connectivity index (χ3v) is 1.97. The summed E-state index contributed by atoms with van der Waals surface area (Å²) in [6.07, 6.45) is 5.15. The average Bonchev–Trinajstić information content (AvgIpc) is 2.28. The van der Waals surface area contributed by atoms with Crippen LogP contribution in [0.4, 0.5) is 0 Å². The normalized spacial score (nSPS) is 9.13. The van der Waals surface area contributed by atoms with Gasteiger partial charge in [0.15, 0.2) is 5.78 Å². The summed E-state index contributed by atoms with van der Waals surface area (Å²) >= 11 is 0. The molecule has 1 aromatic carbocycles. The molecule has 0 amide bonds. The van der Waals surface area contributed by atoms with E-state index in [0.717, 1.165) is 0 Å². The van der Waals surface area contributed by atoms with Crippen LogP contribution >= 0.6 is 0 Å². The van der Waals surface area contributed by atoms with Crippen LogP contribution in [0, 0.1) is 12.3 Å². The second-order valence-corrected chi connectivity index (χ2v) is 2.87. The Hall–Kier alpha value is -1.95. The topological polar surface area (TPSA) is 35.5 Å². The van der Waals surface area contributed by atoms with Crippen LogP contribution in [0.15, 0.2) is 18.2 Å². The fourth-order valence-electron chi connectivity index (χ4n) is 1.22. The number of carbonyl (C=O) groups excluding carboxylic acids is 1. The van der Waals surface area contributed by atoms with Gasteiger partial charge in [-0.3, -0.25) is 4.79 Å². The molecule has 3 heteroatoms. The molecule has 0 heterocycles. The Bertz CT molecular complexity index is 402. The van der Waals surface area contributed by atoms with Crippen molar-refractivity contribution < 1.29 is 14.3 Å². The Morgan fingerprint density at radius 3 is 2.67 bits per heavy atom. The number of methoxy groups -OCH3 is 2. The van der Waals surface area contributed by atoms with Gasteiger partial charge in [-0.25, -0.2) is 0 Å². The zero-order valence-corrected chi connectivity index (χ0v) is 8.74. The molecule has 0 bridgehead atoms. The molecule has 0 atom stereocenters. The monoisotopic (exact) mass is 204 g/mol. The van der Waals surface area contributed by atoms with Gasteiger partial charge in [-0.15, -0.1) is 6.42 Å². The van der Waals surface area contributed by atoms with Gasteiger partial charge >= 0.3 is 0 Å². The highest BCUT2D eigenvalue weighted by molar-refractivity contribution is 6.00. The van der Waals surface area contributed by atoms with Gasteiger partial charge in [0.2, 0.25) is 0 Å².